The van der Waals surface area contributed by atoms with Crippen LogP contribution in [0, 0.1) is 24.2 Å². The molecule has 170 valence electrons. The SMILES string of the molecule is Cc1cn2nc(C3CCCCN3C(=O)c3cccc(CO)n3)cc2nc1N1CCC(C#N)C1. The Morgan fingerprint density at radius 1 is 1.24 bits per heavy atom. The molecule has 2 fully saturated rings. The number of nitrogens with zero attached hydrogens (tertiary/aromatic N) is 7. The molecule has 0 aliphatic carbocycles. The van der Waals surface area contributed by atoms with Gasteiger partial charge in [-0.3, -0.25) is 4.79 Å². The van der Waals surface area contributed by atoms with Crippen LogP contribution in [0.4, 0.5) is 5.82 Å². The zero-order valence-corrected chi connectivity index (χ0v) is 18.7. The van der Waals surface area contributed by atoms with E-state index in [1.807, 2.05) is 24.1 Å². The molecule has 1 N–H and O–H groups in total. The third kappa shape index (κ3) is 4.02. The number of aliphatic hydroxyl groups is 1. The number of hydrogen-bond acceptors (Lipinski definition) is 7. The van der Waals surface area contributed by atoms with Gasteiger partial charge in [-0.25, -0.2) is 14.5 Å². The number of hydrogen-bond donors (Lipinski definition) is 1. The maximum atomic E-state index is 13.3. The van der Waals surface area contributed by atoms with Crippen LogP contribution in [0.15, 0.2) is 30.5 Å². The predicted octanol–water partition coefficient (Wildman–Crippen LogP) is 2.64. The summed E-state index contributed by atoms with van der Waals surface area (Å²) in [6.07, 6.45) is 5.62. The van der Waals surface area contributed by atoms with Gasteiger partial charge in [-0.15, -0.1) is 0 Å². The Balaban J connectivity index is 1.45. The van der Waals surface area contributed by atoms with Crippen molar-refractivity contribution in [1.29, 1.82) is 5.26 Å². The molecule has 0 spiro atoms. The molecule has 0 aromatic carbocycles. The molecule has 9 heteroatoms. The van der Waals surface area contributed by atoms with E-state index >= 15 is 0 Å². The molecule has 2 unspecified atom stereocenters. The number of pyridine rings is 1. The number of aliphatic hydroxyl groups excluding tert-OH is 1. The Morgan fingerprint density at radius 2 is 2.12 bits per heavy atom. The summed E-state index contributed by atoms with van der Waals surface area (Å²) in [6, 6.07) is 9.33. The van der Waals surface area contributed by atoms with E-state index in [0.717, 1.165) is 55.0 Å². The number of rotatable bonds is 4. The molecule has 3 aromatic heterocycles. The molecule has 0 bridgehead atoms. The number of fused-ring (bicyclic) bond motifs is 1. The first-order valence-corrected chi connectivity index (χ1v) is 11.5. The van der Waals surface area contributed by atoms with Crippen molar-refractivity contribution in [2.75, 3.05) is 24.5 Å². The number of carbonyl (C=O) groups excluding carboxylic acids is 1. The van der Waals surface area contributed by atoms with Crippen LogP contribution in [0.3, 0.4) is 0 Å². The minimum absolute atomic E-state index is 0.0441. The minimum Gasteiger partial charge on any atom is -0.390 e. The molecule has 5 heterocycles. The van der Waals surface area contributed by atoms with E-state index in [0.29, 0.717) is 24.5 Å². The first kappa shape index (κ1) is 21.3. The van der Waals surface area contributed by atoms with E-state index in [-0.39, 0.29) is 24.5 Å². The Morgan fingerprint density at radius 3 is 2.91 bits per heavy atom. The Hall–Kier alpha value is -3.51. The topological polar surface area (TPSA) is 111 Å². The van der Waals surface area contributed by atoms with Crippen molar-refractivity contribution in [3.63, 3.8) is 0 Å². The Kier molecular flexibility index (Phi) is 5.68. The van der Waals surface area contributed by atoms with E-state index in [9.17, 15) is 15.2 Å². The third-order valence-corrected chi connectivity index (χ3v) is 6.59. The first-order chi connectivity index (χ1) is 16.1. The number of likely N-dealkylation sites (tertiary alicyclic amines) is 1. The van der Waals surface area contributed by atoms with Crippen LogP contribution in [0.5, 0.6) is 0 Å². The van der Waals surface area contributed by atoms with E-state index in [4.69, 9.17) is 10.1 Å². The molecule has 9 nitrogen and oxygen atoms in total. The number of anilines is 1. The average Bonchev–Trinajstić information content (AvgIpc) is 3.49. The second kappa shape index (κ2) is 8.79. The number of aryl methyl sites for hydroxylation is 1. The molecule has 2 aliphatic heterocycles. The van der Waals surface area contributed by atoms with Gasteiger partial charge in [-0.05, 0) is 44.7 Å². The van der Waals surface area contributed by atoms with Gasteiger partial charge in [0.2, 0.25) is 0 Å². The van der Waals surface area contributed by atoms with Gasteiger partial charge in [0.1, 0.15) is 11.5 Å². The van der Waals surface area contributed by atoms with Crippen LogP contribution < -0.4 is 4.90 Å². The van der Waals surface area contributed by atoms with Gasteiger partial charge in [-0.1, -0.05) is 6.07 Å². The summed E-state index contributed by atoms with van der Waals surface area (Å²) in [5.41, 5.74) is 3.40. The summed E-state index contributed by atoms with van der Waals surface area (Å²) in [5, 5.41) is 23.4. The van der Waals surface area contributed by atoms with Crippen molar-refractivity contribution in [3.05, 3.63) is 53.1 Å². The van der Waals surface area contributed by atoms with Gasteiger partial charge in [0.05, 0.1) is 36.0 Å². The van der Waals surface area contributed by atoms with Crippen molar-refractivity contribution in [1.82, 2.24) is 24.5 Å². The molecule has 1 amide bonds. The normalized spacial score (nSPS) is 20.9. The van der Waals surface area contributed by atoms with Crippen LogP contribution in [0.2, 0.25) is 0 Å². The van der Waals surface area contributed by atoms with Gasteiger partial charge >= 0.3 is 0 Å². The highest BCUT2D eigenvalue weighted by atomic mass is 16.3. The largest absolute Gasteiger partial charge is 0.390 e. The smallest absolute Gasteiger partial charge is 0.273 e. The average molecular weight is 446 g/mol. The van der Waals surface area contributed by atoms with Crippen molar-refractivity contribution in [3.8, 4) is 6.07 Å². The van der Waals surface area contributed by atoms with Gasteiger partial charge in [0.25, 0.3) is 5.91 Å². The number of piperidine rings is 1. The zero-order valence-electron chi connectivity index (χ0n) is 18.7. The van der Waals surface area contributed by atoms with Gasteiger partial charge < -0.3 is 14.9 Å². The van der Waals surface area contributed by atoms with Gasteiger partial charge in [0.15, 0.2) is 5.65 Å². The van der Waals surface area contributed by atoms with Crippen LogP contribution in [0.1, 0.15) is 59.2 Å². The zero-order chi connectivity index (χ0) is 22.9. The van der Waals surface area contributed by atoms with Crippen molar-refractivity contribution in [2.24, 2.45) is 5.92 Å². The maximum Gasteiger partial charge on any atom is 0.273 e. The minimum atomic E-state index is -0.198. The summed E-state index contributed by atoms with van der Waals surface area (Å²) in [6.45, 7) is 3.99. The van der Waals surface area contributed by atoms with Crippen LogP contribution >= 0.6 is 0 Å². The molecule has 33 heavy (non-hydrogen) atoms. The van der Waals surface area contributed by atoms with E-state index < -0.39 is 0 Å². The fraction of sp³-hybridized carbons (Fsp3) is 0.458. The summed E-state index contributed by atoms with van der Waals surface area (Å²) >= 11 is 0. The molecule has 0 radical (unpaired) electrons. The summed E-state index contributed by atoms with van der Waals surface area (Å²) in [4.78, 5) is 26.5. The quantitative estimate of drug-likeness (QED) is 0.657. The highest BCUT2D eigenvalue weighted by Gasteiger charge is 2.32. The molecule has 2 atom stereocenters. The summed E-state index contributed by atoms with van der Waals surface area (Å²) in [7, 11) is 0. The lowest BCUT2D eigenvalue weighted by Gasteiger charge is -2.34. The van der Waals surface area contributed by atoms with Crippen molar-refractivity contribution in [2.45, 2.75) is 45.3 Å². The number of carbonyl (C=O) groups is 1. The first-order valence-electron chi connectivity index (χ1n) is 11.5. The molecular formula is C24H27N7O2. The second-order valence-electron chi connectivity index (χ2n) is 8.86. The Bertz CT molecular complexity index is 1230. The van der Waals surface area contributed by atoms with E-state index in [2.05, 4.69) is 16.0 Å². The fourth-order valence-electron chi connectivity index (χ4n) is 4.88. The fourth-order valence-corrected chi connectivity index (χ4v) is 4.88. The van der Waals surface area contributed by atoms with Crippen LogP contribution in [0.25, 0.3) is 5.65 Å². The van der Waals surface area contributed by atoms with E-state index in [1.165, 1.54) is 0 Å². The van der Waals surface area contributed by atoms with E-state index in [1.54, 1.807) is 22.7 Å². The lowest BCUT2D eigenvalue weighted by molar-refractivity contribution is 0.0599. The Labute approximate surface area is 192 Å². The standard InChI is InChI=1S/C24H27N7O2/c1-16-13-31-22(27-23(16)29-10-8-17(12-25)14-29)11-20(28-31)21-7-2-3-9-30(21)24(33)19-6-4-5-18(15-32)26-19/h4-6,11,13,17,21,32H,2-3,7-10,14-15H2,1H3. The number of amides is 1. The second-order valence-corrected chi connectivity index (χ2v) is 8.86. The van der Waals surface area contributed by atoms with Crippen LogP contribution in [-0.4, -0.2) is 55.1 Å². The highest BCUT2D eigenvalue weighted by molar-refractivity contribution is 5.92. The van der Waals surface area contributed by atoms with Gasteiger partial charge in [-0.2, -0.15) is 10.4 Å². The molecular weight excluding hydrogens is 418 g/mol. The molecule has 5 rings (SSSR count). The van der Waals surface area contributed by atoms with Crippen molar-refractivity contribution >= 4 is 17.4 Å². The molecule has 2 aliphatic rings. The lowest BCUT2D eigenvalue weighted by atomic mass is 9.99. The predicted molar refractivity (Wildman–Crippen MR) is 121 cm³/mol. The molecule has 0 saturated carbocycles. The maximum absolute atomic E-state index is 13.3. The number of nitriles is 1. The van der Waals surface area contributed by atoms with Crippen LogP contribution in [-0.2, 0) is 6.61 Å². The lowest BCUT2D eigenvalue weighted by Crippen LogP contribution is -2.39. The number of aromatic nitrogens is 4. The van der Waals surface area contributed by atoms with Crippen molar-refractivity contribution < 1.29 is 9.90 Å². The summed E-state index contributed by atoms with van der Waals surface area (Å²) < 4.78 is 1.79. The third-order valence-electron chi connectivity index (χ3n) is 6.59. The highest BCUT2D eigenvalue weighted by Crippen LogP contribution is 2.32. The molecule has 2 saturated heterocycles. The molecule has 3 aromatic rings. The van der Waals surface area contributed by atoms with Gasteiger partial charge in [0, 0.05) is 37.5 Å². The monoisotopic (exact) mass is 445 g/mol. The summed E-state index contributed by atoms with van der Waals surface area (Å²) in [5.74, 6) is 0.799.